The predicted molar refractivity (Wildman–Crippen MR) is 99.8 cm³/mol. The fraction of sp³-hybridized carbons (Fsp3) is 0.316. The first kappa shape index (κ1) is 18.3. The Morgan fingerprint density at radius 1 is 1.23 bits per heavy atom. The molecule has 2 heterocycles. The minimum atomic E-state index is 0.0481. The van der Waals surface area contributed by atoms with Crippen molar-refractivity contribution in [3.8, 4) is 5.75 Å². The number of rotatable bonds is 7. The molecule has 0 amide bonds. The molecule has 0 N–H and O–H groups in total. The first-order chi connectivity index (χ1) is 12.4. The van der Waals surface area contributed by atoms with Gasteiger partial charge in [-0.2, -0.15) is 0 Å². The first-order valence-electron chi connectivity index (χ1n) is 8.25. The normalized spacial score (nSPS) is 10.9. The molecule has 3 rings (SSSR count). The van der Waals surface area contributed by atoms with E-state index in [1.165, 1.54) is 11.8 Å². The van der Waals surface area contributed by atoms with Crippen LogP contribution >= 0.6 is 11.8 Å². The summed E-state index contributed by atoms with van der Waals surface area (Å²) in [5, 5.41) is 8.30. The van der Waals surface area contributed by atoms with Gasteiger partial charge in [-0.05, 0) is 44.5 Å². The molecule has 0 unspecified atom stereocenters. The van der Waals surface area contributed by atoms with Gasteiger partial charge in [0.25, 0.3) is 11.1 Å². The monoisotopic (exact) mass is 371 g/mol. The van der Waals surface area contributed by atoms with Crippen molar-refractivity contribution in [1.29, 1.82) is 0 Å². The molecule has 136 valence electrons. The number of hydrogen-bond donors (Lipinski definition) is 0. The molecule has 3 aromatic rings. The second-order valence-corrected chi connectivity index (χ2v) is 7.05. The quantitative estimate of drug-likeness (QED) is 0.464. The Kier molecular flexibility index (Phi) is 5.46. The number of Topliss-reactive ketones (excluding diaryl/α,β-unsaturated/α-hetero) is 1. The van der Waals surface area contributed by atoms with Crippen molar-refractivity contribution in [3.63, 3.8) is 0 Å². The molecule has 0 aliphatic rings. The van der Waals surface area contributed by atoms with Gasteiger partial charge >= 0.3 is 0 Å². The molecule has 2 aromatic heterocycles. The molecule has 0 radical (unpaired) electrons. The van der Waals surface area contributed by atoms with Gasteiger partial charge in [0.2, 0.25) is 0 Å². The van der Waals surface area contributed by atoms with Crippen LogP contribution in [0.3, 0.4) is 0 Å². The van der Waals surface area contributed by atoms with Crippen molar-refractivity contribution in [3.05, 3.63) is 58.7 Å². The molecule has 7 heteroatoms. The number of ketones is 1. The van der Waals surface area contributed by atoms with Crippen LogP contribution in [0.5, 0.6) is 5.75 Å². The zero-order chi connectivity index (χ0) is 18.7. The molecule has 26 heavy (non-hydrogen) atoms. The summed E-state index contributed by atoms with van der Waals surface area (Å²) in [6.07, 6.45) is 0. The predicted octanol–water partition coefficient (Wildman–Crippen LogP) is 3.89. The summed E-state index contributed by atoms with van der Waals surface area (Å²) in [7, 11) is 1.95. The van der Waals surface area contributed by atoms with Crippen LogP contribution in [0.15, 0.2) is 40.0 Å². The molecule has 0 spiro atoms. The van der Waals surface area contributed by atoms with Crippen molar-refractivity contribution in [1.82, 2.24) is 14.8 Å². The second-order valence-electron chi connectivity index (χ2n) is 6.12. The summed E-state index contributed by atoms with van der Waals surface area (Å²) >= 11 is 1.24. The van der Waals surface area contributed by atoms with E-state index in [0.717, 1.165) is 28.3 Å². The first-order valence-corrected chi connectivity index (χ1v) is 9.23. The van der Waals surface area contributed by atoms with Crippen molar-refractivity contribution in [2.75, 3.05) is 5.75 Å². The number of thioether (sulfide) groups is 1. The van der Waals surface area contributed by atoms with Crippen LogP contribution in [-0.4, -0.2) is 26.3 Å². The van der Waals surface area contributed by atoms with E-state index in [4.69, 9.17) is 9.15 Å². The number of nitrogens with zero attached hydrogens (tertiary/aromatic N) is 3. The van der Waals surface area contributed by atoms with Crippen LogP contribution in [0.1, 0.15) is 33.2 Å². The van der Waals surface area contributed by atoms with Gasteiger partial charge in [-0.1, -0.05) is 23.9 Å². The van der Waals surface area contributed by atoms with E-state index in [2.05, 4.69) is 10.2 Å². The van der Waals surface area contributed by atoms with E-state index in [-0.39, 0.29) is 18.1 Å². The van der Waals surface area contributed by atoms with E-state index in [1.807, 2.05) is 62.7 Å². The number of aryl methyl sites for hydroxylation is 2. The second kappa shape index (κ2) is 7.78. The topological polar surface area (TPSA) is 70.2 Å². The van der Waals surface area contributed by atoms with E-state index in [1.54, 1.807) is 0 Å². The molecule has 0 saturated carbocycles. The lowest BCUT2D eigenvalue weighted by Gasteiger charge is -2.03. The smallest absolute Gasteiger partial charge is 0.277 e. The lowest BCUT2D eigenvalue weighted by atomic mass is 10.2. The van der Waals surface area contributed by atoms with Crippen molar-refractivity contribution >= 4 is 17.5 Å². The number of carbonyl (C=O) groups is 1. The van der Waals surface area contributed by atoms with Crippen molar-refractivity contribution in [2.24, 2.45) is 7.05 Å². The van der Waals surface area contributed by atoms with Gasteiger partial charge in [0.15, 0.2) is 12.4 Å². The van der Waals surface area contributed by atoms with Gasteiger partial charge < -0.3 is 13.7 Å². The molecule has 0 aliphatic carbocycles. The summed E-state index contributed by atoms with van der Waals surface area (Å²) in [4.78, 5) is 12.4. The maximum atomic E-state index is 12.4. The zero-order valence-electron chi connectivity index (χ0n) is 15.3. The number of carbonyl (C=O) groups excluding carboxylic acids is 1. The minimum absolute atomic E-state index is 0.0481. The van der Waals surface area contributed by atoms with Crippen LogP contribution in [-0.2, 0) is 13.7 Å². The highest BCUT2D eigenvalue weighted by molar-refractivity contribution is 7.99. The lowest BCUT2D eigenvalue weighted by Crippen LogP contribution is -2.04. The average Bonchev–Trinajstić information content (AvgIpc) is 3.18. The number of benzene rings is 1. The summed E-state index contributed by atoms with van der Waals surface area (Å²) in [6, 6.07) is 9.66. The average molecular weight is 371 g/mol. The maximum Gasteiger partial charge on any atom is 0.277 e. The summed E-state index contributed by atoms with van der Waals surface area (Å²) in [5.41, 5.74) is 3.88. The molecule has 0 fully saturated rings. The Labute approximate surface area is 156 Å². The zero-order valence-corrected chi connectivity index (χ0v) is 16.1. The van der Waals surface area contributed by atoms with Crippen LogP contribution < -0.4 is 4.74 Å². The van der Waals surface area contributed by atoms with Gasteiger partial charge in [-0.3, -0.25) is 4.79 Å². The number of aromatic nitrogens is 3. The Balaban J connectivity index is 1.55. The molecular formula is C19H21N3O3S. The van der Waals surface area contributed by atoms with Gasteiger partial charge in [0, 0.05) is 24.0 Å². The SMILES string of the molecule is Cc1cccc(OCc2nnc(SCC(=O)c3cc(C)n(C)c3C)o2)c1. The lowest BCUT2D eigenvalue weighted by molar-refractivity contribution is 0.102. The fourth-order valence-electron chi connectivity index (χ4n) is 2.55. The Hall–Kier alpha value is -2.54. The third-order valence-corrected chi connectivity index (χ3v) is 5.02. The van der Waals surface area contributed by atoms with Crippen molar-refractivity contribution in [2.45, 2.75) is 32.6 Å². The largest absolute Gasteiger partial charge is 0.484 e. The highest BCUT2D eigenvalue weighted by atomic mass is 32.2. The summed E-state index contributed by atoms with van der Waals surface area (Å²) in [6.45, 7) is 6.12. The van der Waals surface area contributed by atoms with Gasteiger partial charge in [-0.15, -0.1) is 10.2 Å². The number of hydrogen-bond acceptors (Lipinski definition) is 6. The highest BCUT2D eigenvalue weighted by Crippen LogP contribution is 2.21. The van der Waals surface area contributed by atoms with E-state index in [0.29, 0.717) is 11.1 Å². The Morgan fingerprint density at radius 2 is 2.04 bits per heavy atom. The van der Waals surface area contributed by atoms with Crippen LogP contribution in [0.2, 0.25) is 0 Å². The standard InChI is InChI=1S/C19H21N3O3S/c1-12-6-5-7-15(8-12)24-10-18-20-21-19(25-18)26-11-17(23)16-9-13(2)22(4)14(16)3/h5-9H,10-11H2,1-4H3. The molecule has 6 nitrogen and oxygen atoms in total. The fourth-order valence-corrected chi connectivity index (χ4v) is 3.21. The minimum Gasteiger partial charge on any atom is -0.484 e. The van der Waals surface area contributed by atoms with Crippen molar-refractivity contribution < 1.29 is 13.9 Å². The van der Waals surface area contributed by atoms with E-state index in [9.17, 15) is 4.79 Å². The maximum absolute atomic E-state index is 12.4. The Morgan fingerprint density at radius 3 is 2.73 bits per heavy atom. The number of ether oxygens (including phenoxy) is 1. The molecule has 0 atom stereocenters. The van der Waals surface area contributed by atoms with Crippen LogP contribution in [0.4, 0.5) is 0 Å². The van der Waals surface area contributed by atoms with Crippen LogP contribution in [0, 0.1) is 20.8 Å². The van der Waals surface area contributed by atoms with Gasteiger partial charge in [0.1, 0.15) is 5.75 Å². The third kappa shape index (κ3) is 4.16. The molecule has 0 aliphatic heterocycles. The molecular weight excluding hydrogens is 350 g/mol. The van der Waals surface area contributed by atoms with Crippen LogP contribution in [0.25, 0.3) is 0 Å². The highest BCUT2D eigenvalue weighted by Gasteiger charge is 2.16. The molecule has 0 saturated heterocycles. The summed E-state index contributed by atoms with van der Waals surface area (Å²) < 4.78 is 13.2. The van der Waals surface area contributed by atoms with E-state index >= 15 is 0 Å². The molecule has 1 aromatic carbocycles. The summed E-state index contributed by atoms with van der Waals surface area (Å²) in [5.74, 6) is 1.44. The third-order valence-electron chi connectivity index (χ3n) is 4.20. The van der Waals surface area contributed by atoms with Gasteiger partial charge in [0.05, 0.1) is 5.75 Å². The van der Waals surface area contributed by atoms with Gasteiger partial charge in [-0.25, -0.2) is 0 Å². The Bertz CT molecular complexity index is 930. The molecule has 0 bridgehead atoms. The van der Waals surface area contributed by atoms with E-state index < -0.39 is 0 Å².